The van der Waals surface area contributed by atoms with Crippen LogP contribution in [0.4, 0.5) is 0 Å². The molecule has 2 rings (SSSR count). The van der Waals surface area contributed by atoms with E-state index in [1.807, 2.05) is 12.1 Å². The van der Waals surface area contributed by atoms with E-state index < -0.39 is 0 Å². The SMILES string of the molecule is COCCOc1ccc(C(N)C2CCCC2)cc1. The number of hydrogen-bond donors (Lipinski definition) is 1. The quantitative estimate of drug-likeness (QED) is 0.788. The first-order chi connectivity index (χ1) is 8.81. The minimum atomic E-state index is 0.181. The molecule has 0 aromatic heterocycles. The van der Waals surface area contributed by atoms with Gasteiger partial charge in [-0.15, -0.1) is 0 Å². The molecule has 1 fully saturated rings. The lowest BCUT2D eigenvalue weighted by Gasteiger charge is -2.19. The molecule has 0 heterocycles. The maximum atomic E-state index is 6.31. The molecular formula is C15H23NO2. The molecule has 0 saturated heterocycles. The Morgan fingerprint density at radius 2 is 1.83 bits per heavy atom. The lowest BCUT2D eigenvalue weighted by atomic mass is 9.92. The monoisotopic (exact) mass is 249 g/mol. The summed E-state index contributed by atoms with van der Waals surface area (Å²) in [5, 5.41) is 0. The maximum Gasteiger partial charge on any atom is 0.119 e. The highest BCUT2D eigenvalue weighted by atomic mass is 16.5. The van der Waals surface area contributed by atoms with E-state index in [1.165, 1.54) is 31.2 Å². The Kier molecular flexibility index (Phi) is 5.02. The molecule has 3 nitrogen and oxygen atoms in total. The van der Waals surface area contributed by atoms with Crippen molar-refractivity contribution in [3.63, 3.8) is 0 Å². The molecule has 1 aliphatic rings. The normalized spacial score (nSPS) is 17.9. The average molecular weight is 249 g/mol. The van der Waals surface area contributed by atoms with Crippen molar-refractivity contribution in [3.8, 4) is 5.75 Å². The topological polar surface area (TPSA) is 44.5 Å². The number of benzene rings is 1. The average Bonchev–Trinajstić information content (AvgIpc) is 2.93. The summed E-state index contributed by atoms with van der Waals surface area (Å²) < 4.78 is 10.5. The van der Waals surface area contributed by atoms with Crippen LogP contribution in [0.1, 0.15) is 37.3 Å². The van der Waals surface area contributed by atoms with Crippen molar-refractivity contribution in [3.05, 3.63) is 29.8 Å². The van der Waals surface area contributed by atoms with Crippen LogP contribution in [0.3, 0.4) is 0 Å². The van der Waals surface area contributed by atoms with E-state index in [0.717, 1.165) is 5.75 Å². The van der Waals surface area contributed by atoms with E-state index in [2.05, 4.69) is 12.1 Å². The lowest BCUT2D eigenvalue weighted by molar-refractivity contribution is 0.146. The summed E-state index contributed by atoms with van der Waals surface area (Å²) in [6.07, 6.45) is 5.20. The smallest absolute Gasteiger partial charge is 0.119 e. The fourth-order valence-corrected chi connectivity index (χ4v) is 2.62. The van der Waals surface area contributed by atoms with Crippen molar-refractivity contribution in [1.82, 2.24) is 0 Å². The first kappa shape index (κ1) is 13.4. The molecule has 1 atom stereocenters. The standard InChI is InChI=1S/C15H23NO2/c1-17-10-11-18-14-8-6-13(7-9-14)15(16)12-4-2-3-5-12/h6-9,12,15H,2-5,10-11,16H2,1H3. The van der Waals surface area contributed by atoms with Gasteiger partial charge in [0, 0.05) is 13.2 Å². The molecule has 0 aliphatic heterocycles. The zero-order chi connectivity index (χ0) is 12.8. The molecule has 18 heavy (non-hydrogen) atoms. The first-order valence-corrected chi connectivity index (χ1v) is 6.78. The van der Waals surface area contributed by atoms with Gasteiger partial charge in [-0.05, 0) is 36.5 Å². The van der Waals surface area contributed by atoms with Gasteiger partial charge in [-0.25, -0.2) is 0 Å². The molecule has 100 valence electrons. The molecule has 1 saturated carbocycles. The van der Waals surface area contributed by atoms with E-state index in [0.29, 0.717) is 19.1 Å². The van der Waals surface area contributed by atoms with Crippen molar-refractivity contribution in [2.75, 3.05) is 20.3 Å². The van der Waals surface area contributed by atoms with Gasteiger partial charge in [-0.3, -0.25) is 0 Å². The van der Waals surface area contributed by atoms with Crippen molar-refractivity contribution in [2.45, 2.75) is 31.7 Å². The number of hydrogen-bond acceptors (Lipinski definition) is 3. The van der Waals surface area contributed by atoms with Crippen LogP contribution in [0.2, 0.25) is 0 Å². The van der Waals surface area contributed by atoms with Crippen LogP contribution >= 0.6 is 0 Å². The Hall–Kier alpha value is -1.06. The number of methoxy groups -OCH3 is 1. The molecule has 1 aromatic carbocycles. The highest BCUT2D eigenvalue weighted by Gasteiger charge is 2.22. The zero-order valence-corrected chi connectivity index (χ0v) is 11.1. The van der Waals surface area contributed by atoms with Gasteiger partial charge in [0.25, 0.3) is 0 Å². The van der Waals surface area contributed by atoms with Crippen molar-refractivity contribution in [2.24, 2.45) is 11.7 Å². The van der Waals surface area contributed by atoms with Crippen LogP contribution in [0.5, 0.6) is 5.75 Å². The Bertz CT molecular complexity index is 344. The van der Waals surface area contributed by atoms with Gasteiger partial charge < -0.3 is 15.2 Å². The third-order valence-electron chi connectivity index (χ3n) is 3.73. The molecule has 0 bridgehead atoms. The minimum Gasteiger partial charge on any atom is -0.491 e. The number of ether oxygens (including phenoxy) is 2. The van der Waals surface area contributed by atoms with E-state index in [-0.39, 0.29) is 6.04 Å². The lowest BCUT2D eigenvalue weighted by Crippen LogP contribution is -2.18. The predicted octanol–water partition coefficient (Wildman–Crippen LogP) is 2.90. The van der Waals surface area contributed by atoms with E-state index >= 15 is 0 Å². The van der Waals surface area contributed by atoms with Gasteiger partial charge in [-0.2, -0.15) is 0 Å². The largest absolute Gasteiger partial charge is 0.491 e. The van der Waals surface area contributed by atoms with Crippen LogP contribution in [0, 0.1) is 5.92 Å². The summed E-state index contributed by atoms with van der Waals surface area (Å²) in [6, 6.07) is 8.36. The van der Waals surface area contributed by atoms with Gasteiger partial charge in [0.05, 0.1) is 6.61 Å². The van der Waals surface area contributed by atoms with Crippen LogP contribution < -0.4 is 10.5 Å². The number of nitrogens with two attached hydrogens (primary N) is 1. The van der Waals surface area contributed by atoms with Gasteiger partial charge in [0.15, 0.2) is 0 Å². The van der Waals surface area contributed by atoms with Gasteiger partial charge in [-0.1, -0.05) is 25.0 Å². The summed E-state index contributed by atoms with van der Waals surface area (Å²) in [5.41, 5.74) is 7.53. The fraction of sp³-hybridized carbons (Fsp3) is 0.600. The van der Waals surface area contributed by atoms with Crippen molar-refractivity contribution in [1.29, 1.82) is 0 Å². The Morgan fingerprint density at radius 3 is 2.44 bits per heavy atom. The molecule has 0 spiro atoms. The van der Waals surface area contributed by atoms with Gasteiger partial charge >= 0.3 is 0 Å². The summed E-state index contributed by atoms with van der Waals surface area (Å²) in [6.45, 7) is 1.20. The molecule has 0 radical (unpaired) electrons. The molecule has 3 heteroatoms. The summed E-state index contributed by atoms with van der Waals surface area (Å²) in [5.74, 6) is 1.54. The second-order valence-electron chi connectivity index (χ2n) is 4.98. The van der Waals surface area contributed by atoms with Crippen LogP contribution in [0.15, 0.2) is 24.3 Å². The summed E-state index contributed by atoms with van der Waals surface area (Å²) in [4.78, 5) is 0. The maximum absolute atomic E-state index is 6.31. The second-order valence-corrected chi connectivity index (χ2v) is 4.98. The summed E-state index contributed by atoms with van der Waals surface area (Å²) >= 11 is 0. The minimum absolute atomic E-state index is 0.181. The second kappa shape index (κ2) is 6.76. The Morgan fingerprint density at radius 1 is 1.17 bits per heavy atom. The zero-order valence-electron chi connectivity index (χ0n) is 11.1. The van der Waals surface area contributed by atoms with Crippen molar-refractivity contribution < 1.29 is 9.47 Å². The van der Waals surface area contributed by atoms with Gasteiger partial charge in [0.2, 0.25) is 0 Å². The predicted molar refractivity (Wildman–Crippen MR) is 72.7 cm³/mol. The van der Waals surface area contributed by atoms with Crippen LogP contribution in [-0.2, 0) is 4.74 Å². The molecule has 1 aliphatic carbocycles. The third kappa shape index (κ3) is 3.47. The summed E-state index contributed by atoms with van der Waals surface area (Å²) in [7, 11) is 1.67. The van der Waals surface area contributed by atoms with Gasteiger partial charge in [0.1, 0.15) is 12.4 Å². The van der Waals surface area contributed by atoms with Crippen LogP contribution in [-0.4, -0.2) is 20.3 Å². The molecule has 1 unspecified atom stereocenters. The molecule has 0 amide bonds. The number of rotatable bonds is 6. The van der Waals surface area contributed by atoms with E-state index in [9.17, 15) is 0 Å². The fourth-order valence-electron chi connectivity index (χ4n) is 2.62. The van der Waals surface area contributed by atoms with Crippen molar-refractivity contribution >= 4 is 0 Å². The Labute approximate surface area is 109 Å². The van der Waals surface area contributed by atoms with E-state index in [4.69, 9.17) is 15.2 Å². The molecular weight excluding hydrogens is 226 g/mol. The highest BCUT2D eigenvalue weighted by molar-refractivity contribution is 5.29. The first-order valence-electron chi connectivity index (χ1n) is 6.78. The molecule has 1 aromatic rings. The highest BCUT2D eigenvalue weighted by Crippen LogP contribution is 2.34. The third-order valence-corrected chi connectivity index (χ3v) is 3.73. The Balaban J connectivity index is 1.89. The molecule has 2 N–H and O–H groups in total. The van der Waals surface area contributed by atoms with Crippen LogP contribution in [0.25, 0.3) is 0 Å². The van der Waals surface area contributed by atoms with E-state index in [1.54, 1.807) is 7.11 Å².